The highest BCUT2D eigenvalue weighted by molar-refractivity contribution is 6.32. The summed E-state index contributed by atoms with van der Waals surface area (Å²) in [5.41, 5.74) is 1.80. The third-order valence-electron chi connectivity index (χ3n) is 2.24. The van der Waals surface area contributed by atoms with Crippen molar-refractivity contribution < 1.29 is 9.90 Å². The van der Waals surface area contributed by atoms with Gasteiger partial charge in [0.25, 0.3) is 0 Å². The van der Waals surface area contributed by atoms with Crippen LogP contribution in [0.1, 0.15) is 21.6 Å². The van der Waals surface area contributed by atoms with E-state index in [0.717, 1.165) is 11.3 Å². The molecule has 6 heteroatoms. The zero-order valence-electron chi connectivity index (χ0n) is 9.31. The molecule has 0 spiro atoms. The van der Waals surface area contributed by atoms with E-state index >= 15 is 0 Å². The number of rotatable bonds is 2. The van der Waals surface area contributed by atoms with Gasteiger partial charge in [0.05, 0.1) is 6.20 Å². The summed E-state index contributed by atoms with van der Waals surface area (Å²) in [6, 6.07) is 3.70. The summed E-state index contributed by atoms with van der Waals surface area (Å²) in [4.78, 5) is 15.1. The van der Waals surface area contributed by atoms with Crippen molar-refractivity contribution in [1.82, 2.24) is 14.8 Å². The number of carboxylic acid groups (broad SMARTS) is 1. The summed E-state index contributed by atoms with van der Waals surface area (Å²) in [5, 5.41) is 12.9. The summed E-state index contributed by atoms with van der Waals surface area (Å²) >= 11 is 5.94. The quantitative estimate of drug-likeness (QED) is 0.889. The average Bonchev–Trinajstić information content (AvgIpc) is 2.58. The van der Waals surface area contributed by atoms with Crippen molar-refractivity contribution in [2.24, 2.45) is 0 Å². The Balaban J connectivity index is 2.57. The Labute approximate surface area is 103 Å². The Morgan fingerprint density at radius 3 is 2.65 bits per heavy atom. The summed E-state index contributed by atoms with van der Waals surface area (Å²) in [6.07, 6.45) is 1.21. The van der Waals surface area contributed by atoms with Gasteiger partial charge < -0.3 is 5.11 Å². The molecule has 0 saturated carbocycles. The largest absolute Gasteiger partial charge is 0.478 e. The number of hydrogen-bond donors (Lipinski definition) is 1. The average molecular weight is 252 g/mol. The van der Waals surface area contributed by atoms with Gasteiger partial charge >= 0.3 is 5.97 Å². The summed E-state index contributed by atoms with van der Waals surface area (Å²) in [6.45, 7) is 3.78. The van der Waals surface area contributed by atoms with E-state index < -0.39 is 5.97 Å². The molecule has 0 aliphatic carbocycles. The van der Waals surface area contributed by atoms with Gasteiger partial charge in [0.2, 0.25) is 0 Å². The van der Waals surface area contributed by atoms with E-state index in [9.17, 15) is 4.79 Å². The predicted octanol–water partition coefficient (Wildman–Crippen LogP) is 2.24. The van der Waals surface area contributed by atoms with Gasteiger partial charge in [-0.3, -0.25) is 0 Å². The molecule has 0 atom stereocenters. The molecular formula is C11H10ClN3O2. The molecule has 88 valence electrons. The lowest BCUT2D eigenvalue weighted by atomic mass is 10.2. The molecule has 0 amide bonds. The maximum atomic E-state index is 10.8. The first-order valence-corrected chi connectivity index (χ1v) is 5.29. The number of pyridine rings is 1. The lowest BCUT2D eigenvalue weighted by molar-refractivity contribution is 0.0697. The second kappa shape index (κ2) is 4.18. The summed E-state index contributed by atoms with van der Waals surface area (Å²) in [5.74, 6) is -0.592. The fourth-order valence-corrected chi connectivity index (χ4v) is 1.83. The first-order valence-electron chi connectivity index (χ1n) is 4.91. The van der Waals surface area contributed by atoms with Crippen molar-refractivity contribution in [2.75, 3.05) is 0 Å². The fraction of sp³-hybridized carbons (Fsp3) is 0.182. The van der Waals surface area contributed by atoms with Crippen molar-refractivity contribution in [3.63, 3.8) is 0 Å². The molecule has 0 aliphatic heterocycles. The number of halogens is 1. The molecule has 0 fully saturated rings. The van der Waals surface area contributed by atoms with E-state index in [4.69, 9.17) is 16.7 Å². The molecule has 0 unspecified atom stereocenters. The Kier molecular flexibility index (Phi) is 2.85. The number of carboxylic acids is 1. The van der Waals surface area contributed by atoms with Crippen molar-refractivity contribution in [1.29, 1.82) is 0 Å². The van der Waals surface area contributed by atoms with Gasteiger partial charge in [-0.05, 0) is 31.5 Å². The molecule has 2 rings (SSSR count). The molecule has 0 radical (unpaired) electrons. The fourth-order valence-electron chi connectivity index (χ4n) is 1.57. The number of nitrogens with zero attached hydrogens (tertiary/aromatic N) is 3. The normalized spacial score (nSPS) is 10.5. The van der Waals surface area contributed by atoms with E-state index in [1.54, 1.807) is 6.07 Å². The van der Waals surface area contributed by atoms with Crippen LogP contribution >= 0.6 is 11.6 Å². The van der Waals surface area contributed by atoms with E-state index in [0.29, 0.717) is 5.82 Å². The number of aromatic carboxylic acids is 1. The highest BCUT2D eigenvalue weighted by Crippen LogP contribution is 2.19. The summed E-state index contributed by atoms with van der Waals surface area (Å²) in [7, 11) is 0. The third-order valence-corrected chi connectivity index (χ3v) is 2.61. The molecule has 0 saturated heterocycles. The van der Waals surface area contributed by atoms with Crippen molar-refractivity contribution in [3.05, 3.63) is 40.3 Å². The van der Waals surface area contributed by atoms with Crippen LogP contribution in [0.5, 0.6) is 0 Å². The Bertz CT molecular complexity index is 572. The first-order chi connectivity index (χ1) is 7.99. The highest BCUT2D eigenvalue weighted by atomic mass is 35.5. The van der Waals surface area contributed by atoms with Gasteiger partial charge in [-0.2, -0.15) is 5.10 Å². The maximum absolute atomic E-state index is 10.8. The van der Waals surface area contributed by atoms with Crippen LogP contribution in [0, 0.1) is 13.8 Å². The number of carbonyl (C=O) groups is 1. The molecule has 0 aromatic carbocycles. The van der Waals surface area contributed by atoms with Gasteiger partial charge in [-0.15, -0.1) is 0 Å². The minimum atomic E-state index is -1.11. The molecule has 1 N–H and O–H groups in total. The zero-order chi connectivity index (χ0) is 12.6. The van der Waals surface area contributed by atoms with Crippen LogP contribution in [-0.2, 0) is 0 Å². The molecular weight excluding hydrogens is 242 g/mol. The molecule has 17 heavy (non-hydrogen) atoms. The molecule has 2 heterocycles. The lowest BCUT2D eigenvalue weighted by Gasteiger charge is -2.05. The van der Waals surface area contributed by atoms with Crippen LogP contribution in [0.4, 0.5) is 0 Å². The zero-order valence-corrected chi connectivity index (χ0v) is 10.1. The van der Waals surface area contributed by atoms with Crippen molar-refractivity contribution in [2.45, 2.75) is 13.8 Å². The van der Waals surface area contributed by atoms with E-state index in [2.05, 4.69) is 10.1 Å². The Morgan fingerprint density at radius 2 is 2.12 bits per heavy atom. The minimum absolute atomic E-state index is 0.0346. The van der Waals surface area contributed by atoms with Gasteiger partial charge in [0.1, 0.15) is 10.7 Å². The predicted molar refractivity (Wildman–Crippen MR) is 62.8 cm³/mol. The lowest BCUT2D eigenvalue weighted by Crippen LogP contribution is -2.02. The van der Waals surface area contributed by atoms with Crippen LogP contribution in [0.2, 0.25) is 5.15 Å². The molecule has 5 nitrogen and oxygen atoms in total. The minimum Gasteiger partial charge on any atom is -0.478 e. The van der Waals surface area contributed by atoms with Gasteiger partial charge in [-0.25, -0.2) is 14.5 Å². The van der Waals surface area contributed by atoms with Crippen LogP contribution in [-0.4, -0.2) is 25.8 Å². The second-order valence-electron chi connectivity index (χ2n) is 3.71. The van der Waals surface area contributed by atoms with E-state index in [-0.39, 0.29) is 10.7 Å². The van der Waals surface area contributed by atoms with Crippen LogP contribution < -0.4 is 0 Å². The highest BCUT2D eigenvalue weighted by Gasteiger charge is 2.16. The summed E-state index contributed by atoms with van der Waals surface area (Å²) < 4.78 is 1.31. The monoisotopic (exact) mass is 251 g/mol. The SMILES string of the molecule is Cc1cc(C)nc(-n2ncc(C(=O)O)c2Cl)c1. The molecule has 0 bridgehead atoms. The van der Waals surface area contributed by atoms with Crippen LogP contribution in [0.15, 0.2) is 18.3 Å². The Morgan fingerprint density at radius 1 is 1.41 bits per heavy atom. The van der Waals surface area contributed by atoms with Crippen LogP contribution in [0.3, 0.4) is 0 Å². The van der Waals surface area contributed by atoms with Crippen molar-refractivity contribution in [3.8, 4) is 5.82 Å². The van der Waals surface area contributed by atoms with E-state index in [1.165, 1.54) is 10.9 Å². The maximum Gasteiger partial charge on any atom is 0.340 e. The standard InChI is InChI=1S/C11H10ClN3O2/c1-6-3-7(2)14-9(4-6)15-10(12)8(5-13-15)11(16)17/h3-5H,1-2H3,(H,16,17). The van der Waals surface area contributed by atoms with Crippen LogP contribution in [0.25, 0.3) is 5.82 Å². The number of aromatic nitrogens is 3. The van der Waals surface area contributed by atoms with E-state index in [1.807, 2.05) is 19.9 Å². The Hall–Kier alpha value is -1.88. The third kappa shape index (κ3) is 2.14. The molecule has 2 aromatic rings. The molecule has 0 aliphatic rings. The van der Waals surface area contributed by atoms with Crippen molar-refractivity contribution >= 4 is 17.6 Å². The van der Waals surface area contributed by atoms with Gasteiger partial charge in [-0.1, -0.05) is 11.6 Å². The smallest absolute Gasteiger partial charge is 0.340 e. The molecule has 2 aromatic heterocycles. The van der Waals surface area contributed by atoms with Gasteiger partial charge in [0.15, 0.2) is 5.82 Å². The van der Waals surface area contributed by atoms with Gasteiger partial charge in [0, 0.05) is 5.69 Å². The second-order valence-corrected chi connectivity index (χ2v) is 4.07. The topological polar surface area (TPSA) is 68.0 Å². The number of hydrogen-bond acceptors (Lipinski definition) is 3. The first kappa shape index (κ1) is 11.6. The number of aryl methyl sites for hydroxylation is 2.